The van der Waals surface area contributed by atoms with Gasteiger partial charge in [0.2, 0.25) is 0 Å². The van der Waals surface area contributed by atoms with E-state index in [2.05, 4.69) is 0 Å². The number of hydrogen-bond donors (Lipinski definition) is 1. The summed E-state index contributed by atoms with van der Waals surface area (Å²) in [4.78, 5) is 0. The van der Waals surface area contributed by atoms with Crippen molar-refractivity contribution in [2.45, 2.75) is 26.3 Å². The lowest BCUT2D eigenvalue weighted by Gasteiger charge is -2.11. The molecule has 1 atom stereocenters. The van der Waals surface area contributed by atoms with Gasteiger partial charge in [-0.3, -0.25) is 0 Å². The van der Waals surface area contributed by atoms with Crippen LogP contribution in [0.1, 0.15) is 30.5 Å². The van der Waals surface area contributed by atoms with Gasteiger partial charge >= 0.3 is 0 Å². The Morgan fingerprint density at radius 3 is 2.46 bits per heavy atom. The minimum absolute atomic E-state index is 0.255. The van der Waals surface area contributed by atoms with Crippen LogP contribution in [0.3, 0.4) is 0 Å². The maximum absolute atomic E-state index is 13.2. The van der Waals surface area contributed by atoms with Crippen molar-refractivity contribution in [2.24, 2.45) is 5.73 Å². The number of aryl methyl sites for hydroxylation is 1. The van der Waals surface area contributed by atoms with Crippen molar-refractivity contribution < 1.29 is 8.78 Å². The van der Waals surface area contributed by atoms with Crippen molar-refractivity contribution in [1.29, 1.82) is 0 Å². The maximum Gasteiger partial charge on any atom is 0.128 e. The predicted molar refractivity (Wildman–Crippen MR) is 48.3 cm³/mol. The second kappa shape index (κ2) is 3.83. The topological polar surface area (TPSA) is 26.0 Å². The summed E-state index contributed by atoms with van der Waals surface area (Å²) in [5.41, 5.74) is 6.17. The summed E-state index contributed by atoms with van der Waals surface area (Å²) < 4.78 is 26.3. The van der Waals surface area contributed by atoms with Gasteiger partial charge in [-0.05, 0) is 31.0 Å². The minimum atomic E-state index is -0.423. The molecule has 72 valence electrons. The molecule has 0 aliphatic heterocycles. The summed E-state index contributed by atoms with van der Waals surface area (Å²) in [6, 6.07) is 1.94. The average Bonchev–Trinajstić information content (AvgIpc) is 2.10. The zero-order valence-corrected chi connectivity index (χ0v) is 7.77. The van der Waals surface area contributed by atoms with Gasteiger partial charge in [-0.25, -0.2) is 8.78 Å². The van der Waals surface area contributed by atoms with Gasteiger partial charge in [-0.1, -0.05) is 6.92 Å². The van der Waals surface area contributed by atoms with Gasteiger partial charge in [-0.2, -0.15) is 0 Å². The largest absolute Gasteiger partial charge is 0.324 e. The molecule has 3 heteroatoms. The molecule has 13 heavy (non-hydrogen) atoms. The molecular weight excluding hydrogens is 172 g/mol. The van der Waals surface area contributed by atoms with E-state index in [1.54, 1.807) is 0 Å². The zero-order valence-electron chi connectivity index (χ0n) is 7.77. The number of rotatable bonds is 2. The van der Waals surface area contributed by atoms with Crippen LogP contribution in [-0.4, -0.2) is 0 Å². The normalized spacial score (nSPS) is 13.0. The quantitative estimate of drug-likeness (QED) is 0.753. The van der Waals surface area contributed by atoms with Crippen molar-refractivity contribution in [2.75, 3.05) is 0 Å². The smallest absolute Gasteiger partial charge is 0.128 e. The third-order valence-corrected chi connectivity index (χ3v) is 2.12. The molecule has 0 aliphatic carbocycles. The fourth-order valence-electron chi connectivity index (χ4n) is 1.17. The molecule has 1 aromatic carbocycles. The third-order valence-electron chi connectivity index (χ3n) is 2.12. The number of benzene rings is 1. The second-order valence-corrected chi connectivity index (χ2v) is 3.14. The standard InChI is InChI=1S/C10H13F2N/c1-3-10(13)7-5-8(11)6(2)4-9(7)12/h4-5,10H,3,13H2,1-2H3/t10-/m1/s1. The maximum atomic E-state index is 13.2. The Morgan fingerprint density at radius 2 is 1.92 bits per heavy atom. The van der Waals surface area contributed by atoms with E-state index in [0.29, 0.717) is 12.0 Å². The lowest BCUT2D eigenvalue weighted by molar-refractivity contribution is 0.552. The Labute approximate surface area is 76.6 Å². The van der Waals surface area contributed by atoms with Gasteiger partial charge < -0.3 is 5.73 Å². The van der Waals surface area contributed by atoms with E-state index in [0.717, 1.165) is 0 Å². The van der Waals surface area contributed by atoms with Gasteiger partial charge in [0.1, 0.15) is 11.6 Å². The lowest BCUT2D eigenvalue weighted by Crippen LogP contribution is -2.11. The summed E-state index contributed by atoms with van der Waals surface area (Å²) in [5.74, 6) is -0.825. The predicted octanol–water partition coefficient (Wildman–Crippen LogP) is 2.68. The highest BCUT2D eigenvalue weighted by Gasteiger charge is 2.12. The van der Waals surface area contributed by atoms with Crippen molar-refractivity contribution >= 4 is 0 Å². The molecule has 0 fully saturated rings. The fraction of sp³-hybridized carbons (Fsp3) is 0.400. The molecule has 0 spiro atoms. The van der Waals surface area contributed by atoms with Crippen LogP contribution in [0.4, 0.5) is 8.78 Å². The molecule has 0 bridgehead atoms. The van der Waals surface area contributed by atoms with E-state index in [-0.39, 0.29) is 5.56 Å². The van der Waals surface area contributed by atoms with Crippen molar-refractivity contribution in [3.8, 4) is 0 Å². The summed E-state index contributed by atoms with van der Waals surface area (Å²) in [6.07, 6.45) is 0.597. The first-order valence-electron chi connectivity index (χ1n) is 4.27. The van der Waals surface area contributed by atoms with E-state index in [9.17, 15) is 8.78 Å². The molecule has 1 aromatic rings. The highest BCUT2D eigenvalue weighted by molar-refractivity contribution is 5.27. The first-order valence-corrected chi connectivity index (χ1v) is 4.27. The number of nitrogens with two attached hydrogens (primary N) is 1. The first-order chi connectivity index (χ1) is 6.06. The molecule has 0 saturated heterocycles. The monoisotopic (exact) mass is 185 g/mol. The second-order valence-electron chi connectivity index (χ2n) is 3.14. The van der Waals surface area contributed by atoms with Crippen LogP contribution in [-0.2, 0) is 0 Å². The molecule has 0 amide bonds. The van der Waals surface area contributed by atoms with Crippen molar-refractivity contribution in [3.63, 3.8) is 0 Å². The highest BCUT2D eigenvalue weighted by atomic mass is 19.1. The van der Waals surface area contributed by atoms with Crippen molar-refractivity contribution in [1.82, 2.24) is 0 Å². The van der Waals surface area contributed by atoms with Gasteiger partial charge in [0.25, 0.3) is 0 Å². The molecule has 0 aliphatic rings. The third kappa shape index (κ3) is 2.04. The van der Waals surface area contributed by atoms with Crippen LogP contribution in [0.15, 0.2) is 12.1 Å². The SMILES string of the molecule is CC[C@@H](N)c1cc(F)c(C)cc1F. The Morgan fingerprint density at radius 1 is 1.31 bits per heavy atom. The summed E-state index contributed by atoms with van der Waals surface area (Å²) in [7, 11) is 0. The van der Waals surface area contributed by atoms with Crippen LogP contribution in [0, 0.1) is 18.6 Å². The van der Waals surface area contributed by atoms with Gasteiger partial charge in [0, 0.05) is 11.6 Å². The van der Waals surface area contributed by atoms with Crippen LogP contribution in [0.5, 0.6) is 0 Å². The molecule has 0 radical (unpaired) electrons. The van der Waals surface area contributed by atoms with Crippen LogP contribution >= 0.6 is 0 Å². The van der Waals surface area contributed by atoms with Gasteiger partial charge in [0.15, 0.2) is 0 Å². The zero-order chi connectivity index (χ0) is 10.0. The van der Waals surface area contributed by atoms with Gasteiger partial charge in [-0.15, -0.1) is 0 Å². The Hall–Kier alpha value is -0.960. The van der Waals surface area contributed by atoms with Crippen LogP contribution < -0.4 is 5.73 Å². The molecule has 2 N–H and O–H groups in total. The van der Waals surface area contributed by atoms with E-state index in [4.69, 9.17) is 5.73 Å². The minimum Gasteiger partial charge on any atom is -0.324 e. The van der Waals surface area contributed by atoms with Gasteiger partial charge in [0.05, 0.1) is 0 Å². The number of halogens is 2. The first kappa shape index (κ1) is 10.1. The molecule has 0 heterocycles. The van der Waals surface area contributed by atoms with E-state index >= 15 is 0 Å². The summed E-state index contributed by atoms with van der Waals surface area (Å²) in [6.45, 7) is 3.36. The highest BCUT2D eigenvalue weighted by Crippen LogP contribution is 2.20. The van der Waals surface area contributed by atoms with Crippen LogP contribution in [0.2, 0.25) is 0 Å². The Kier molecular flexibility index (Phi) is 2.98. The molecular formula is C10H13F2N. The Bertz CT molecular complexity index is 310. The molecule has 0 saturated carbocycles. The van der Waals surface area contributed by atoms with E-state index < -0.39 is 17.7 Å². The molecule has 1 nitrogen and oxygen atoms in total. The average molecular weight is 185 g/mol. The summed E-state index contributed by atoms with van der Waals surface area (Å²) in [5, 5.41) is 0. The Balaban J connectivity index is 3.15. The fourth-order valence-corrected chi connectivity index (χ4v) is 1.17. The van der Waals surface area contributed by atoms with Crippen molar-refractivity contribution in [3.05, 3.63) is 34.9 Å². The molecule has 0 aromatic heterocycles. The van der Waals surface area contributed by atoms with Crippen LogP contribution in [0.25, 0.3) is 0 Å². The van der Waals surface area contributed by atoms with E-state index in [1.807, 2.05) is 6.92 Å². The number of hydrogen-bond acceptors (Lipinski definition) is 1. The molecule has 0 unspecified atom stereocenters. The van der Waals surface area contributed by atoms with E-state index in [1.165, 1.54) is 19.1 Å². The lowest BCUT2D eigenvalue weighted by atomic mass is 10.0. The summed E-state index contributed by atoms with van der Waals surface area (Å²) >= 11 is 0. The molecule has 1 rings (SSSR count).